The SMILES string of the molecule is CCNc1cc(N2CCS(=O)(=O)CC2C)ncn1. The predicted octanol–water partition coefficient (Wildman–Crippen LogP) is 0.532. The van der Waals surface area contributed by atoms with Crippen molar-refractivity contribution in [1.82, 2.24) is 9.97 Å². The van der Waals surface area contributed by atoms with Crippen LogP contribution in [-0.2, 0) is 9.84 Å². The lowest BCUT2D eigenvalue weighted by molar-refractivity contribution is 0.567. The van der Waals surface area contributed by atoms with Gasteiger partial charge in [0.2, 0.25) is 0 Å². The number of hydrogen-bond donors (Lipinski definition) is 1. The molecular formula is C11H18N4O2S. The fourth-order valence-corrected chi connectivity index (χ4v) is 3.68. The molecule has 100 valence electrons. The van der Waals surface area contributed by atoms with Gasteiger partial charge in [-0.05, 0) is 13.8 Å². The third-order valence-electron chi connectivity index (χ3n) is 2.98. The summed E-state index contributed by atoms with van der Waals surface area (Å²) in [6, 6.07) is 1.81. The average molecular weight is 270 g/mol. The van der Waals surface area contributed by atoms with Gasteiger partial charge in [0.25, 0.3) is 0 Å². The number of hydrogen-bond acceptors (Lipinski definition) is 6. The summed E-state index contributed by atoms with van der Waals surface area (Å²) >= 11 is 0. The van der Waals surface area contributed by atoms with Crippen LogP contribution in [-0.4, -0.2) is 49.0 Å². The van der Waals surface area contributed by atoms with Crippen LogP contribution < -0.4 is 10.2 Å². The van der Waals surface area contributed by atoms with E-state index >= 15 is 0 Å². The fraction of sp³-hybridized carbons (Fsp3) is 0.636. The molecule has 0 spiro atoms. The van der Waals surface area contributed by atoms with Crippen LogP contribution >= 0.6 is 0 Å². The van der Waals surface area contributed by atoms with Crippen LogP contribution in [0.25, 0.3) is 0 Å². The molecule has 0 aliphatic carbocycles. The van der Waals surface area contributed by atoms with Gasteiger partial charge < -0.3 is 10.2 Å². The number of nitrogens with one attached hydrogen (secondary N) is 1. The number of rotatable bonds is 3. The van der Waals surface area contributed by atoms with Gasteiger partial charge in [0, 0.05) is 25.2 Å². The highest BCUT2D eigenvalue weighted by Gasteiger charge is 2.28. The maximum Gasteiger partial charge on any atom is 0.154 e. The average Bonchev–Trinajstić information content (AvgIpc) is 2.28. The van der Waals surface area contributed by atoms with Gasteiger partial charge in [-0.15, -0.1) is 0 Å². The van der Waals surface area contributed by atoms with Crippen molar-refractivity contribution in [3.8, 4) is 0 Å². The summed E-state index contributed by atoms with van der Waals surface area (Å²) in [5, 5.41) is 3.12. The molecule has 2 heterocycles. The first-order valence-corrected chi connectivity index (χ1v) is 7.87. The molecular weight excluding hydrogens is 252 g/mol. The second kappa shape index (κ2) is 5.09. The molecule has 0 saturated carbocycles. The molecule has 18 heavy (non-hydrogen) atoms. The standard InChI is InChI=1S/C11H18N4O2S/c1-3-12-10-6-11(14-8-13-10)15-4-5-18(16,17)7-9(15)2/h6,8-9H,3-5,7H2,1-2H3,(H,12,13,14). The molecule has 6 nitrogen and oxygen atoms in total. The summed E-state index contributed by atoms with van der Waals surface area (Å²) < 4.78 is 23.1. The molecule has 1 aliphatic heterocycles. The van der Waals surface area contributed by atoms with Crippen molar-refractivity contribution in [3.63, 3.8) is 0 Å². The van der Waals surface area contributed by atoms with E-state index in [0.717, 1.165) is 18.2 Å². The topological polar surface area (TPSA) is 75.2 Å². The van der Waals surface area contributed by atoms with E-state index in [9.17, 15) is 8.42 Å². The lowest BCUT2D eigenvalue weighted by atomic mass is 10.3. The molecule has 0 aromatic carbocycles. The van der Waals surface area contributed by atoms with Gasteiger partial charge in [-0.3, -0.25) is 0 Å². The Labute approximate surface area is 107 Å². The molecule has 1 aromatic heterocycles. The monoisotopic (exact) mass is 270 g/mol. The first-order valence-electron chi connectivity index (χ1n) is 6.05. The first-order chi connectivity index (χ1) is 8.52. The van der Waals surface area contributed by atoms with Crippen molar-refractivity contribution in [3.05, 3.63) is 12.4 Å². The van der Waals surface area contributed by atoms with Crippen LogP contribution in [0.15, 0.2) is 12.4 Å². The summed E-state index contributed by atoms with van der Waals surface area (Å²) in [6.07, 6.45) is 1.50. The fourth-order valence-electron chi connectivity index (χ4n) is 2.12. The molecule has 1 aliphatic rings. The van der Waals surface area contributed by atoms with Gasteiger partial charge in [0.1, 0.15) is 18.0 Å². The van der Waals surface area contributed by atoms with Gasteiger partial charge >= 0.3 is 0 Å². The largest absolute Gasteiger partial charge is 0.370 e. The molecule has 1 saturated heterocycles. The first kappa shape index (κ1) is 13.1. The lowest BCUT2D eigenvalue weighted by Crippen LogP contribution is -2.47. The van der Waals surface area contributed by atoms with Crippen LogP contribution in [0, 0.1) is 0 Å². The zero-order valence-corrected chi connectivity index (χ0v) is 11.4. The van der Waals surface area contributed by atoms with E-state index < -0.39 is 9.84 Å². The normalized spacial score (nSPS) is 22.8. The number of nitrogens with zero attached hydrogens (tertiary/aromatic N) is 3. The Morgan fingerprint density at radius 2 is 2.28 bits per heavy atom. The quantitative estimate of drug-likeness (QED) is 0.863. The van der Waals surface area contributed by atoms with Crippen LogP contribution in [0.3, 0.4) is 0 Å². The minimum absolute atomic E-state index is 0.0480. The molecule has 0 amide bonds. The van der Waals surface area contributed by atoms with Crippen molar-refractivity contribution >= 4 is 21.5 Å². The molecule has 1 atom stereocenters. The molecule has 1 N–H and O–H groups in total. The summed E-state index contributed by atoms with van der Waals surface area (Å²) in [5.41, 5.74) is 0. The Balaban J connectivity index is 2.19. The number of sulfone groups is 1. The Kier molecular flexibility index (Phi) is 3.70. The zero-order chi connectivity index (χ0) is 13.2. The molecule has 7 heteroatoms. The van der Waals surface area contributed by atoms with E-state index in [0.29, 0.717) is 6.54 Å². The molecule has 0 radical (unpaired) electrons. The minimum atomic E-state index is -2.89. The molecule has 0 bridgehead atoms. The summed E-state index contributed by atoms with van der Waals surface area (Å²) in [5.74, 6) is 1.93. The predicted molar refractivity (Wildman–Crippen MR) is 71.7 cm³/mol. The van der Waals surface area contributed by atoms with Gasteiger partial charge in [-0.1, -0.05) is 0 Å². The second-order valence-corrected chi connectivity index (χ2v) is 6.68. The van der Waals surface area contributed by atoms with E-state index in [1.54, 1.807) is 0 Å². The Morgan fingerprint density at radius 3 is 2.94 bits per heavy atom. The number of anilines is 2. The van der Waals surface area contributed by atoms with Gasteiger partial charge in [0.15, 0.2) is 9.84 Å². The van der Waals surface area contributed by atoms with Crippen LogP contribution in [0.1, 0.15) is 13.8 Å². The Hall–Kier alpha value is -1.37. The van der Waals surface area contributed by atoms with Crippen molar-refractivity contribution in [2.45, 2.75) is 19.9 Å². The Bertz CT molecular complexity index is 518. The van der Waals surface area contributed by atoms with Gasteiger partial charge in [0.05, 0.1) is 11.5 Å². The maximum atomic E-state index is 11.5. The summed E-state index contributed by atoms with van der Waals surface area (Å²) in [7, 11) is -2.89. The third kappa shape index (κ3) is 2.90. The van der Waals surface area contributed by atoms with Gasteiger partial charge in [-0.25, -0.2) is 18.4 Å². The van der Waals surface area contributed by atoms with Gasteiger partial charge in [-0.2, -0.15) is 0 Å². The summed E-state index contributed by atoms with van der Waals surface area (Å²) in [6.45, 7) is 5.19. The molecule has 1 unspecified atom stereocenters. The third-order valence-corrected chi connectivity index (χ3v) is 4.77. The zero-order valence-electron chi connectivity index (χ0n) is 10.6. The maximum absolute atomic E-state index is 11.5. The Morgan fingerprint density at radius 1 is 1.50 bits per heavy atom. The van der Waals surface area contributed by atoms with E-state index in [1.165, 1.54) is 6.33 Å². The van der Waals surface area contributed by atoms with Crippen LogP contribution in [0.4, 0.5) is 11.6 Å². The number of aromatic nitrogens is 2. The van der Waals surface area contributed by atoms with E-state index in [-0.39, 0.29) is 17.5 Å². The lowest BCUT2D eigenvalue weighted by Gasteiger charge is -2.34. The van der Waals surface area contributed by atoms with Crippen molar-refractivity contribution in [2.75, 3.05) is 34.8 Å². The highest BCUT2D eigenvalue weighted by Crippen LogP contribution is 2.20. The summed E-state index contributed by atoms with van der Waals surface area (Å²) in [4.78, 5) is 10.4. The molecule has 1 fully saturated rings. The van der Waals surface area contributed by atoms with E-state index in [2.05, 4.69) is 15.3 Å². The van der Waals surface area contributed by atoms with E-state index in [4.69, 9.17) is 0 Å². The highest BCUT2D eigenvalue weighted by molar-refractivity contribution is 7.91. The van der Waals surface area contributed by atoms with Crippen LogP contribution in [0.2, 0.25) is 0 Å². The van der Waals surface area contributed by atoms with Crippen molar-refractivity contribution < 1.29 is 8.42 Å². The van der Waals surface area contributed by atoms with Crippen molar-refractivity contribution in [2.24, 2.45) is 0 Å². The molecule has 2 rings (SSSR count). The molecule has 1 aromatic rings. The highest BCUT2D eigenvalue weighted by atomic mass is 32.2. The minimum Gasteiger partial charge on any atom is -0.370 e. The smallest absolute Gasteiger partial charge is 0.154 e. The second-order valence-electron chi connectivity index (χ2n) is 4.45. The van der Waals surface area contributed by atoms with E-state index in [1.807, 2.05) is 24.8 Å². The van der Waals surface area contributed by atoms with Crippen LogP contribution in [0.5, 0.6) is 0 Å². The van der Waals surface area contributed by atoms with Crippen molar-refractivity contribution in [1.29, 1.82) is 0 Å².